The van der Waals surface area contributed by atoms with E-state index in [-0.39, 0.29) is 4.90 Å². The van der Waals surface area contributed by atoms with Gasteiger partial charge in [0.1, 0.15) is 17.5 Å². The van der Waals surface area contributed by atoms with Crippen LogP contribution in [0.5, 0.6) is 5.75 Å². The van der Waals surface area contributed by atoms with Crippen LogP contribution in [0, 0.1) is 18.6 Å². The van der Waals surface area contributed by atoms with Crippen molar-refractivity contribution in [3.05, 3.63) is 66.1 Å². The highest BCUT2D eigenvalue weighted by atomic mass is 32.2. The molecule has 1 saturated heterocycles. The summed E-state index contributed by atoms with van der Waals surface area (Å²) in [4.78, 5) is 16.8. The second-order valence-corrected chi connectivity index (χ2v) is 9.70. The Morgan fingerprint density at radius 1 is 1.06 bits per heavy atom. The van der Waals surface area contributed by atoms with Crippen LogP contribution in [0.15, 0.2) is 53.6 Å². The number of methoxy groups -OCH3 is 1. The summed E-state index contributed by atoms with van der Waals surface area (Å²) in [7, 11) is 1.56. The van der Waals surface area contributed by atoms with Crippen molar-refractivity contribution < 1.29 is 18.3 Å². The van der Waals surface area contributed by atoms with Gasteiger partial charge in [-0.2, -0.15) is 0 Å². The quantitative estimate of drug-likeness (QED) is 0.302. The minimum absolute atomic E-state index is 0.120. The first kappa shape index (κ1) is 24.4. The maximum absolute atomic E-state index is 14.2. The van der Waals surface area contributed by atoms with Crippen molar-refractivity contribution >= 4 is 34.1 Å². The fraction of sp³-hybridized carbons (Fsp3) is 0.240. The van der Waals surface area contributed by atoms with Gasteiger partial charge in [-0.1, -0.05) is 23.5 Å². The number of anilines is 2. The lowest BCUT2D eigenvalue weighted by Crippen LogP contribution is -2.36. The predicted molar refractivity (Wildman–Crippen MR) is 139 cm³/mol. The largest absolute Gasteiger partial charge is 0.494 e. The van der Waals surface area contributed by atoms with E-state index in [1.54, 1.807) is 30.7 Å². The molecule has 0 amide bonds. The van der Waals surface area contributed by atoms with Crippen LogP contribution in [-0.2, 0) is 4.74 Å². The number of aryl methyl sites for hydroxylation is 1. The molecule has 186 valence electrons. The van der Waals surface area contributed by atoms with Crippen LogP contribution in [0.25, 0.3) is 21.8 Å². The normalized spacial score (nSPS) is 13.6. The molecular formula is C25H23F2N5O2S2. The molecule has 3 heterocycles. The van der Waals surface area contributed by atoms with E-state index in [0.717, 1.165) is 46.3 Å². The molecule has 4 aromatic rings. The molecule has 0 aliphatic carbocycles. The summed E-state index contributed by atoms with van der Waals surface area (Å²) < 4.78 is 42.7. The zero-order valence-corrected chi connectivity index (χ0v) is 21.3. The number of halogens is 2. The fourth-order valence-corrected chi connectivity index (χ4v) is 5.65. The van der Waals surface area contributed by atoms with Gasteiger partial charge in [0.25, 0.3) is 0 Å². The third kappa shape index (κ3) is 4.99. The van der Waals surface area contributed by atoms with Crippen molar-refractivity contribution in [2.45, 2.75) is 11.8 Å². The van der Waals surface area contributed by atoms with Gasteiger partial charge >= 0.3 is 0 Å². The Morgan fingerprint density at radius 2 is 1.81 bits per heavy atom. The number of hydrogen-bond donors (Lipinski definition) is 1. The van der Waals surface area contributed by atoms with Gasteiger partial charge in [0.15, 0.2) is 10.9 Å². The Bertz CT molecular complexity index is 1360. The average molecular weight is 528 g/mol. The van der Waals surface area contributed by atoms with Crippen molar-refractivity contribution in [1.29, 1.82) is 0 Å². The molecule has 1 aliphatic heterocycles. The van der Waals surface area contributed by atoms with Gasteiger partial charge in [0, 0.05) is 24.8 Å². The fourth-order valence-electron chi connectivity index (χ4n) is 3.85. The minimum atomic E-state index is -0.640. The number of aromatic nitrogens is 3. The number of benzene rings is 2. The van der Waals surface area contributed by atoms with Gasteiger partial charge in [-0.3, -0.25) is 0 Å². The molecule has 2 aromatic heterocycles. The SMILES string of the molecule is COc1c(NSc2c(F)cccc2F)cccc1-c1nc(N2CCOCC2)sc1-c1ccnc(C)n1. The molecule has 11 heteroatoms. The lowest BCUT2D eigenvalue weighted by molar-refractivity contribution is 0.122. The first-order chi connectivity index (χ1) is 17.5. The molecule has 0 unspecified atom stereocenters. The Hall–Kier alpha value is -3.28. The molecule has 0 saturated carbocycles. The molecule has 0 bridgehead atoms. The summed E-state index contributed by atoms with van der Waals surface area (Å²) in [6, 6.07) is 11.2. The van der Waals surface area contributed by atoms with Gasteiger partial charge in [-0.05, 0) is 49.2 Å². The zero-order chi connectivity index (χ0) is 25.1. The molecule has 5 rings (SSSR count). The molecular weight excluding hydrogens is 504 g/mol. The van der Waals surface area contributed by atoms with Gasteiger partial charge in [-0.25, -0.2) is 23.7 Å². The molecule has 7 nitrogen and oxygen atoms in total. The number of thiazole rings is 1. The van der Waals surface area contributed by atoms with Gasteiger partial charge in [0.2, 0.25) is 0 Å². The molecule has 0 spiro atoms. The summed E-state index contributed by atoms with van der Waals surface area (Å²) in [6.07, 6.45) is 1.73. The van der Waals surface area contributed by atoms with Gasteiger partial charge in [0.05, 0.1) is 47.2 Å². The van der Waals surface area contributed by atoms with Gasteiger partial charge in [-0.15, -0.1) is 0 Å². The standard InChI is InChI=1S/C25H23F2N5O2S2/c1-15-28-10-9-20(29-15)24-21(30-25(35-24)32-11-13-34-14-12-32)16-5-3-8-19(22(16)33-2)31-36-23-17(26)6-4-7-18(23)27/h3-10,31H,11-14H2,1-2H3. The maximum Gasteiger partial charge on any atom is 0.186 e. The Labute approximate surface area is 215 Å². The van der Waals surface area contributed by atoms with E-state index >= 15 is 0 Å². The first-order valence-corrected chi connectivity index (χ1v) is 12.9. The van der Waals surface area contributed by atoms with Crippen LogP contribution < -0.4 is 14.4 Å². The smallest absolute Gasteiger partial charge is 0.186 e. The highest BCUT2D eigenvalue weighted by molar-refractivity contribution is 8.00. The van der Waals surface area contributed by atoms with Crippen LogP contribution >= 0.6 is 23.3 Å². The van der Waals surface area contributed by atoms with E-state index in [1.807, 2.05) is 25.1 Å². The van der Waals surface area contributed by atoms with Crippen molar-refractivity contribution in [3.63, 3.8) is 0 Å². The summed E-state index contributed by atoms with van der Waals surface area (Å²) in [5.41, 5.74) is 2.77. The maximum atomic E-state index is 14.2. The Balaban J connectivity index is 1.57. The highest BCUT2D eigenvalue weighted by Crippen LogP contribution is 2.45. The summed E-state index contributed by atoms with van der Waals surface area (Å²) in [5, 5.41) is 0.864. The van der Waals surface area contributed by atoms with Crippen LogP contribution in [0.4, 0.5) is 19.6 Å². The third-order valence-corrected chi connectivity index (χ3v) is 7.62. The van der Waals surface area contributed by atoms with Gasteiger partial charge < -0.3 is 19.1 Å². The second kappa shape index (κ2) is 10.8. The van der Waals surface area contributed by atoms with E-state index in [0.29, 0.717) is 36.2 Å². The van der Waals surface area contributed by atoms with Crippen molar-refractivity contribution in [2.75, 3.05) is 43.0 Å². The number of para-hydroxylation sites is 1. The number of nitrogens with one attached hydrogen (secondary N) is 1. The lowest BCUT2D eigenvalue weighted by Gasteiger charge is -2.26. The summed E-state index contributed by atoms with van der Waals surface area (Å²) in [6.45, 7) is 4.63. The number of rotatable bonds is 7. The predicted octanol–water partition coefficient (Wildman–Crippen LogP) is 5.82. The zero-order valence-electron chi connectivity index (χ0n) is 19.6. The van der Waals surface area contributed by atoms with Crippen molar-refractivity contribution in [2.24, 2.45) is 0 Å². The van der Waals surface area contributed by atoms with Crippen LogP contribution in [-0.4, -0.2) is 48.4 Å². The molecule has 1 N–H and O–H groups in total. The average Bonchev–Trinajstić information content (AvgIpc) is 3.34. The molecule has 1 fully saturated rings. The first-order valence-electron chi connectivity index (χ1n) is 11.2. The number of morpholine rings is 1. The second-order valence-electron chi connectivity index (χ2n) is 7.90. The molecule has 36 heavy (non-hydrogen) atoms. The van der Waals surface area contributed by atoms with E-state index in [1.165, 1.54) is 18.2 Å². The minimum Gasteiger partial charge on any atom is -0.494 e. The van der Waals surface area contributed by atoms with E-state index in [2.05, 4.69) is 19.6 Å². The number of hydrogen-bond acceptors (Lipinski definition) is 9. The monoisotopic (exact) mass is 527 g/mol. The van der Waals surface area contributed by atoms with Crippen molar-refractivity contribution in [3.8, 4) is 27.6 Å². The Morgan fingerprint density at radius 3 is 2.53 bits per heavy atom. The summed E-state index contributed by atoms with van der Waals surface area (Å²) >= 11 is 2.40. The number of nitrogens with zero attached hydrogens (tertiary/aromatic N) is 4. The van der Waals surface area contributed by atoms with Crippen LogP contribution in [0.3, 0.4) is 0 Å². The lowest BCUT2D eigenvalue weighted by atomic mass is 10.1. The highest BCUT2D eigenvalue weighted by Gasteiger charge is 2.24. The molecule has 0 atom stereocenters. The molecule has 2 aromatic carbocycles. The summed E-state index contributed by atoms with van der Waals surface area (Å²) in [5.74, 6) is -0.115. The van der Waals surface area contributed by atoms with Crippen LogP contribution in [0.1, 0.15) is 5.82 Å². The molecule has 1 aliphatic rings. The van der Waals surface area contributed by atoms with Crippen molar-refractivity contribution in [1.82, 2.24) is 15.0 Å². The number of ether oxygens (including phenoxy) is 2. The topological polar surface area (TPSA) is 72.4 Å². The van der Waals surface area contributed by atoms with Crippen LogP contribution in [0.2, 0.25) is 0 Å². The Kier molecular flexibility index (Phi) is 7.30. The van der Waals surface area contributed by atoms with E-state index < -0.39 is 11.6 Å². The van der Waals surface area contributed by atoms with E-state index in [4.69, 9.17) is 14.5 Å². The molecule has 0 radical (unpaired) electrons. The third-order valence-electron chi connectivity index (χ3n) is 5.56. The van der Waals surface area contributed by atoms with E-state index in [9.17, 15) is 8.78 Å².